The second-order valence-corrected chi connectivity index (χ2v) is 10.9. The number of ether oxygens (including phenoxy) is 2. The molecule has 3 aliphatic rings. The van der Waals surface area contributed by atoms with Crippen molar-refractivity contribution in [2.75, 3.05) is 39.4 Å². The van der Waals surface area contributed by atoms with E-state index in [9.17, 15) is 4.79 Å². The Kier molecular flexibility index (Phi) is 7.71. The van der Waals surface area contributed by atoms with Crippen LogP contribution in [0.4, 0.5) is 0 Å². The third-order valence-corrected chi connectivity index (χ3v) is 8.46. The van der Waals surface area contributed by atoms with Crippen molar-refractivity contribution in [3.8, 4) is 5.75 Å². The summed E-state index contributed by atoms with van der Waals surface area (Å²) < 4.78 is 13.5. The fraction of sp³-hybridized carbons (Fsp3) is 0.643. The molecule has 1 aromatic carbocycles. The molecule has 6 rings (SSSR count). The number of pyridine rings is 1. The van der Waals surface area contributed by atoms with E-state index in [4.69, 9.17) is 9.47 Å². The van der Waals surface area contributed by atoms with E-state index in [0.717, 1.165) is 62.3 Å². The molecule has 1 saturated carbocycles. The summed E-state index contributed by atoms with van der Waals surface area (Å²) in [6.07, 6.45) is 8.79. The number of aromatic nitrogens is 5. The van der Waals surface area contributed by atoms with Crippen LogP contribution in [0.2, 0.25) is 0 Å². The van der Waals surface area contributed by atoms with Crippen molar-refractivity contribution in [1.82, 2.24) is 35.0 Å². The highest BCUT2D eigenvalue weighted by molar-refractivity contribution is 5.80. The van der Waals surface area contributed by atoms with Crippen LogP contribution in [0.1, 0.15) is 69.3 Å². The maximum Gasteiger partial charge on any atom is 0.253 e. The van der Waals surface area contributed by atoms with Gasteiger partial charge in [-0.3, -0.25) is 14.6 Å². The Labute approximate surface area is 223 Å². The standard InChI is InChI=1S/C28H39N7O3/c1-2-37-22-10-11-25-20(17-22)18-24(28(36)29-25)26(27-30-31-32-35(27)19-23-9-6-16-38-23)34-14-12-33(13-15-34)21-7-4-3-5-8-21/h10-11,17-18,21,23,26H,2-9,12-16,19H2,1H3,(H,29,36)/t23-,26-/m0/s1. The molecule has 0 unspecified atom stereocenters. The van der Waals surface area contributed by atoms with Gasteiger partial charge in [-0.1, -0.05) is 19.3 Å². The largest absolute Gasteiger partial charge is 0.494 e. The second-order valence-electron chi connectivity index (χ2n) is 10.9. The van der Waals surface area contributed by atoms with Gasteiger partial charge in [0.15, 0.2) is 5.82 Å². The number of benzene rings is 1. The maximum absolute atomic E-state index is 13.6. The SMILES string of the molecule is CCOc1ccc2[nH]c(=O)c([C@@H](c3nnnn3C[C@@H]3CCCO3)N3CCN(C4CCCCC4)CC3)cc2c1. The van der Waals surface area contributed by atoms with Crippen LogP contribution in [-0.2, 0) is 11.3 Å². The van der Waals surface area contributed by atoms with Crippen LogP contribution in [0, 0.1) is 0 Å². The van der Waals surface area contributed by atoms with E-state index < -0.39 is 0 Å². The summed E-state index contributed by atoms with van der Waals surface area (Å²) in [5.74, 6) is 1.50. The fourth-order valence-electron chi connectivity index (χ4n) is 6.49. The summed E-state index contributed by atoms with van der Waals surface area (Å²) >= 11 is 0. The zero-order valence-corrected chi connectivity index (χ0v) is 22.3. The zero-order valence-electron chi connectivity index (χ0n) is 22.3. The van der Waals surface area contributed by atoms with Gasteiger partial charge in [-0.05, 0) is 67.3 Å². The first-order chi connectivity index (χ1) is 18.7. The predicted octanol–water partition coefficient (Wildman–Crippen LogP) is 3.13. The molecule has 3 aromatic rings. The maximum atomic E-state index is 13.6. The normalized spacial score (nSPS) is 22.7. The van der Waals surface area contributed by atoms with Gasteiger partial charge in [-0.15, -0.1) is 5.10 Å². The van der Waals surface area contributed by atoms with Gasteiger partial charge in [-0.2, -0.15) is 0 Å². The molecule has 1 N–H and O–H groups in total. The van der Waals surface area contributed by atoms with Crippen LogP contribution in [0.5, 0.6) is 5.75 Å². The number of tetrazole rings is 1. The first-order valence-electron chi connectivity index (χ1n) is 14.3. The lowest BCUT2D eigenvalue weighted by Crippen LogP contribution is -2.52. The van der Waals surface area contributed by atoms with Gasteiger partial charge in [0.25, 0.3) is 5.56 Å². The Morgan fingerprint density at radius 1 is 1.08 bits per heavy atom. The first-order valence-corrected chi connectivity index (χ1v) is 14.3. The average molecular weight is 522 g/mol. The molecule has 2 saturated heterocycles. The van der Waals surface area contributed by atoms with Crippen LogP contribution >= 0.6 is 0 Å². The third-order valence-electron chi connectivity index (χ3n) is 8.46. The minimum absolute atomic E-state index is 0.102. The van der Waals surface area contributed by atoms with Crippen molar-refractivity contribution in [2.24, 2.45) is 0 Å². The molecule has 2 aliphatic heterocycles. The van der Waals surface area contributed by atoms with Crippen molar-refractivity contribution in [1.29, 1.82) is 0 Å². The van der Waals surface area contributed by atoms with E-state index in [-0.39, 0.29) is 17.7 Å². The van der Waals surface area contributed by atoms with Gasteiger partial charge in [0, 0.05) is 55.3 Å². The quantitative estimate of drug-likeness (QED) is 0.483. The number of hydrogen-bond donors (Lipinski definition) is 1. The molecule has 204 valence electrons. The number of nitrogens with zero attached hydrogens (tertiary/aromatic N) is 6. The number of aromatic amines is 1. The monoisotopic (exact) mass is 521 g/mol. The lowest BCUT2D eigenvalue weighted by Gasteiger charge is -2.43. The van der Waals surface area contributed by atoms with E-state index in [2.05, 4.69) is 30.3 Å². The number of piperazine rings is 1. The zero-order chi connectivity index (χ0) is 25.9. The molecular formula is C28H39N7O3. The molecule has 38 heavy (non-hydrogen) atoms. The van der Waals surface area contributed by atoms with Crippen molar-refractivity contribution >= 4 is 10.9 Å². The Balaban J connectivity index is 1.34. The van der Waals surface area contributed by atoms with Crippen molar-refractivity contribution in [3.05, 3.63) is 46.0 Å². The van der Waals surface area contributed by atoms with Crippen LogP contribution in [0.25, 0.3) is 10.9 Å². The van der Waals surface area contributed by atoms with Gasteiger partial charge in [0.2, 0.25) is 0 Å². The molecule has 3 fully saturated rings. The number of hydrogen-bond acceptors (Lipinski definition) is 8. The van der Waals surface area contributed by atoms with E-state index in [0.29, 0.717) is 30.6 Å². The van der Waals surface area contributed by atoms with Crippen molar-refractivity contribution in [2.45, 2.75) is 76.6 Å². The summed E-state index contributed by atoms with van der Waals surface area (Å²) in [4.78, 5) is 21.7. The van der Waals surface area contributed by atoms with Gasteiger partial charge in [-0.25, -0.2) is 4.68 Å². The van der Waals surface area contributed by atoms with Crippen molar-refractivity contribution < 1.29 is 9.47 Å². The highest BCUT2D eigenvalue weighted by atomic mass is 16.5. The molecule has 0 radical (unpaired) electrons. The lowest BCUT2D eigenvalue weighted by molar-refractivity contribution is 0.0593. The molecule has 0 amide bonds. The summed E-state index contributed by atoms with van der Waals surface area (Å²) in [6.45, 7) is 7.66. The number of H-pyrrole nitrogens is 1. The van der Waals surface area contributed by atoms with Crippen LogP contribution in [0.3, 0.4) is 0 Å². The van der Waals surface area contributed by atoms with E-state index in [1.165, 1.54) is 32.1 Å². The summed E-state index contributed by atoms with van der Waals surface area (Å²) in [5.41, 5.74) is 1.36. The minimum atomic E-state index is -0.344. The van der Waals surface area contributed by atoms with E-state index >= 15 is 0 Å². The highest BCUT2D eigenvalue weighted by Crippen LogP contribution is 2.31. The van der Waals surface area contributed by atoms with E-state index in [1.807, 2.05) is 35.9 Å². The molecule has 2 aromatic heterocycles. The van der Waals surface area contributed by atoms with Gasteiger partial charge in [0.05, 0.1) is 19.3 Å². The van der Waals surface area contributed by atoms with Crippen molar-refractivity contribution in [3.63, 3.8) is 0 Å². The van der Waals surface area contributed by atoms with Crippen LogP contribution in [0.15, 0.2) is 29.1 Å². The molecular weight excluding hydrogens is 482 g/mol. The Morgan fingerprint density at radius 3 is 2.68 bits per heavy atom. The Hall–Kier alpha value is -2.82. The molecule has 10 heteroatoms. The fourth-order valence-corrected chi connectivity index (χ4v) is 6.49. The summed E-state index contributed by atoms with van der Waals surface area (Å²) in [6, 6.07) is 8.14. The molecule has 0 spiro atoms. The molecule has 4 heterocycles. The smallest absolute Gasteiger partial charge is 0.253 e. The average Bonchev–Trinajstić information content (AvgIpc) is 3.63. The van der Waals surface area contributed by atoms with Crippen LogP contribution < -0.4 is 10.3 Å². The molecule has 1 aliphatic carbocycles. The third kappa shape index (κ3) is 5.34. The van der Waals surface area contributed by atoms with Crippen LogP contribution in [-0.4, -0.2) is 86.5 Å². The molecule has 10 nitrogen and oxygen atoms in total. The minimum Gasteiger partial charge on any atom is -0.494 e. The number of fused-ring (bicyclic) bond motifs is 1. The van der Waals surface area contributed by atoms with Gasteiger partial charge in [0.1, 0.15) is 11.8 Å². The number of rotatable bonds is 8. The molecule has 2 atom stereocenters. The molecule has 0 bridgehead atoms. The van der Waals surface area contributed by atoms with Gasteiger partial charge >= 0.3 is 0 Å². The Morgan fingerprint density at radius 2 is 1.92 bits per heavy atom. The number of nitrogens with one attached hydrogen (secondary N) is 1. The summed E-state index contributed by atoms with van der Waals surface area (Å²) in [5, 5.41) is 13.8. The van der Waals surface area contributed by atoms with Gasteiger partial charge < -0.3 is 14.5 Å². The topological polar surface area (TPSA) is 101 Å². The predicted molar refractivity (Wildman–Crippen MR) is 144 cm³/mol. The second kappa shape index (κ2) is 11.5. The first kappa shape index (κ1) is 25.5. The Bertz CT molecular complexity index is 1270. The highest BCUT2D eigenvalue weighted by Gasteiger charge is 2.35. The van der Waals surface area contributed by atoms with E-state index in [1.54, 1.807) is 0 Å². The summed E-state index contributed by atoms with van der Waals surface area (Å²) in [7, 11) is 0. The lowest BCUT2D eigenvalue weighted by atomic mass is 9.93.